The Labute approximate surface area is 119 Å². The largest absolute Gasteiger partial charge is 0.396 e. The maximum Gasteiger partial charge on any atom is 0.272 e. The Balaban J connectivity index is 1.81. The van der Waals surface area contributed by atoms with Crippen LogP contribution in [-0.4, -0.2) is 29.2 Å². The highest BCUT2D eigenvalue weighted by atomic mass is 16.6. The van der Waals surface area contributed by atoms with Crippen LogP contribution in [0.5, 0.6) is 0 Å². The van der Waals surface area contributed by atoms with Crippen LogP contribution in [0, 0.1) is 15.5 Å². The van der Waals surface area contributed by atoms with Gasteiger partial charge < -0.3 is 10.4 Å². The zero-order valence-corrected chi connectivity index (χ0v) is 11.8. The van der Waals surface area contributed by atoms with Crippen LogP contribution < -0.4 is 5.32 Å². The van der Waals surface area contributed by atoms with Gasteiger partial charge in [0.05, 0.1) is 4.92 Å². The zero-order chi connectivity index (χ0) is 14.6. The molecule has 1 aromatic carbocycles. The lowest BCUT2D eigenvalue weighted by Crippen LogP contribution is -2.33. The summed E-state index contributed by atoms with van der Waals surface area (Å²) in [5.41, 5.74) is 1.09. The molecule has 0 spiro atoms. The monoisotopic (exact) mass is 278 g/mol. The van der Waals surface area contributed by atoms with Gasteiger partial charge in [-0.05, 0) is 32.6 Å². The maximum atomic E-state index is 10.9. The molecule has 1 aliphatic rings. The van der Waals surface area contributed by atoms with E-state index < -0.39 is 0 Å². The molecule has 0 amide bonds. The van der Waals surface area contributed by atoms with E-state index in [4.69, 9.17) is 0 Å². The second kappa shape index (κ2) is 6.33. The van der Waals surface area contributed by atoms with Gasteiger partial charge in [0.1, 0.15) is 0 Å². The Hall–Kier alpha value is -1.46. The predicted molar refractivity (Wildman–Crippen MR) is 77.6 cm³/mol. The lowest BCUT2D eigenvalue weighted by molar-refractivity contribution is -0.385. The molecule has 2 rings (SSSR count). The van der Waals surface area contributed by atoms with Crippen molar-refractivity contribution in [3.63, 3.8) is 0 Å². The number of benzene rings is 1. The normalized spacial score (nSPS) is 17.7. The summed E-state index contributed by atoms with van der Waals surface area (Å²) in [7, 11) is 0. The van der Waals surface area contributed by atoms with Gasteiger partial charge in [0, 0.05) is 36.2 Å². The topological polar surface area (TPSA) is 75.4 Å². The van der Waals surface area contributed by atoms with Crippen molar-refractivity contribution in [2.24, 2.45) is 5.41 Å². The van der Waals surface area contributed by atoms with E-state index in [1.54, 1.807) is 12.1 Å². The third kappa shape index (κ3) is 3.77. The number of nitrogens with one attached hydrogen (secondary N) is 1. The Kier molecular flexibility index (Phi) is 4.73. The van der Waals surface area contributed by atoms with Crippen LogP contribution >= 0.6 is 0 Å². The summed E-state index contributed by atoms with van der Waals surface area (Å²) in [5, 5.41) is 23.6. The van der Waals surface area contributed by atoms with Crippen molar-refractivity contribution in [1.82, 2.24) is 5.32 Å². The van der Waals surface area contributed by atoms with Gasteiger partial charge in [-0.3, -0.25) is 10.1 Å². The molecule has 1 aromatic rings. The summed E-state index contributed by atoms with van der Waals surface area (Å²) in [6.45, 7) is 3.17. The van der Waals surface area contributed by atoms with Crippen LogP contribution in [-0.2, 0) is 6.42 Å². The van der Waals surface area contributed by atoms with E-state index in [1.165, 1.54) is 0 Å². The number of nitrogens with zero attached hydrogens (tertiary/aromatic N) is 1. The van der Waals surface area contributed by atoms with E-state index in [-0.39, 0.29) is 22.6 Å². The molecule has 1 fully saturated rings. The smallest absolute Gasteiger partial charge is 0.272 e. The number of nitro groups is 1. The van der Waals surface area contributed by atoms with Gasteiger partial charge >= 0.3 is 0 Å². The minimum absolute atomic E-state index is 0.104. The maximum absolute atomic E-state index is 10.9. The highest BCUT2D eigenvalue weighted by molar-refractivity contribution is 5.39. The van der Waals surface area contributed by atoms with Crippen LogP contribution in [0.3, 0.4) is 0 Å². The molecule has 110 valence electrons. The average molecular weight is 278 g/mol. The number of nitro benzene ring substituents is 1. The van der Waals surface area contributed by atoms with Crippen molar-refractivity contribution in [3.05, 3.63) is 39.9 Å². The van der Waals surface area contributed by atoms with E-state index in [0.717, 1.165) is 31.4 Å². The minimum atomic E-state index is -0.321. The first-order chi connectivity index (χ1) is 9.56. The summed E-state index contributed by atoms with van der Waals surface area (Å²) in [6.07, 6.45) is 3.73. The van der Waals surface area contributed by atoms with Crippen molar-refractivity contribution >= 4 is 5.69 Å². The van der Waals surface area contributed by atoms with E-state index in [1.807, 2.05) is 12.1 Å². The number of rotatable bonds is 8. The molecule has 0 saturated heterocycles. The third-order valence-electron chi connectivity index (χ3n) is 4.15. The van der Waals surface area contributed by atoms with Gasteiger partial charge in [0.15, 0.2) is 0 Å². The van der Waals surface area contributed by atoms with Gasteiger partial charge in [0.2, 0.25) is 0 Å². The SMILES string of the molecule is CC(CCc1ccccc1[N+](=O)[O-])NCC1(CO)CC1. The van der Waals surface area contributed by atoms with Gasteiger partial charge in [-0.15, -0.1) is 0 Å². The van der Waals surface area contributed by atoms with Crippen molar-refractivity contribution in [2.45, 2.75) is 38.6 Å². The van der Waals surface area contributed by atoms with Crippen molar-refractivity contribution in [1.29, 1.82) is 0 Å². The molecule has 1 unspecified atom stereocenters. The van der Waals surface area contributed by atoms with Crippen LogP contribution in [0.1, 0.15) is 31.7 Å². The first kappa shape index (κ1) is 14.9. The predicted octanol–water partition coefficient (Wildman–Crippen LogP) is 2.28. The van der Waals surface area contributed by atoms with Crippen molar-refractivity contribution in [3.8, 4) is 0 Å². The molecule has 1 aliphatic carbocycles. The summed E-state index contributed by atoms with van der Waals surface area (Å²) < 4.78 is 0. The molecule has 1 saturated carbocycles. The van der Waals surface area contributed by atoms with E-state index in [0.29, 0.717) is 12.5 Å². The highest BCUT2D eigenvalue weighted by Crippen LogP contribution is 2.44. The molecule has 0 aromatic heterocycles. The highest BCUT2D eigenvalue weighted by Gasteiger charge is 2.41. The van der Waals surface area contributed by atoms with E-state index >= 15 is 0 Å². The fraction of sp³-hybridized carbons (Fsp3) is 0.600. The molecule has 1 atom stereocenters. The molecular formula is C15H22N2O3. The lowest BCUT2D eigenvalue weighted by atomic mass is 10.0. The first-order valence-electron chi connectivity index (χ1n) is 7.13. The molecule has 5 heteroatoms. The quantitative estimate of drug-likeness (QED) is 0.565. The van der Waals surface area contributed by atoms with Crippen LogP contribution in [0.4, 0.5) is 5.69 Å². The summed E-state index contributed by atoms with van der Waals surface area (Å²) in [6, 6.07) is 7.20. The van der Waals surface area contributed by atoms with E-state index in [9.17, 15) is 15.2 Å². The van der Waals surface area contributed by atoms with Crippen LogP contribution in [0.15, 0.2) is 24.3 Å². The second-order valence-electron chi connectivity index (χ2n) is 5.86. The molecule has 0 bridgehead atoms. The lowest BCUT2D eigenvalue weighted by Gasteiger charge is -2.18. The Bertz CT molecular complexity index is 472. The molecule has 20 heavy (non-hydrogen) atoms. The fourth-order valence-electron chi connectivity index (χ4n) is 2.33. The average Bonchev–Trinajstić information content (AvgIpc) is 3.24. The molecule has 0 radical (unpaired) electrons. The summed E-state index contributed by atoms with van der Waals surface area (Å²) >= 11 is 0. The standard InChI is InChI=1S/C15H22N2O3/c1-12(16-10-15(11-18)8-9-15)6-7-13-4-2-3-5-14(13)17(19)20/h2-5,12,16,18H,6-11H2,1H3. The molecule has 0 aliphatic heterocycles. The molecule has 0 heterocycles. The van der Waals surface area contributed by atoms with Crippen LogP contribution in [0.2, 0.25) is 0 Å². The number of aryl methyl sites for hydroxylation is 1. The minimum Gasteiger partial charge on any atom is -0.396 e. The Morgan fingerprint density at radius 1 is 1.45 bits per heavy atom. The molecule has 5 nitrogen and oxygen atoms in total. The molecular weight excluding hydrogens is 256 g/mol. The van der Waals surface area contributed by atoms with E-state index in [2.05, 4.69) is 12.2 Å². The number of aliphatic hydroxyl groups excluding tert-OH is 1. The fourth-order valence-corrected chi connectivity index (χ4v) is 2.33. The van der Waals surface area contributed by atoms with Crippen molar-refractivity contribution in [2.75, 3.05) is 13.2 Å². The zero-order valence-electron chi connectivity index (χ0n) is 11.8. The number of para-hydroxylation sites is 1. The molecule has 2 N–H and O–H groups in total. The second-order valence-corrected chi connectivity index (χ2v) is 5.86. The van der Waals surface area contributed by atoms with Gasteiger partial charge in [-0.25, -0.2) is 0 Å². The van der Waals surface area contributed by atoms with Crippen molar-refractivity contribution < 1.29 is 10.0 Å². The summed E-state index contributed by atoms with van der Waals surface area (Å²) in [4.78, 5) is 10.6. The van der Waals surface area contributed by atoms with Gasteiger partial charge in [-0.1, -0.05) is 18.2 Å². The Morgan fingerprint density at radius 2 is 2.15 bits per heavy atom. The number of hydrogen-bond acceptors (Lipinski definition) is 4. The Morgan fingerprint density at radius 3 is 2.75 bits per heavy atom. The third-order valence-corrected chi connectivity index (χ3v) is 4.15. The number of aliphatic hydroxyl groups is 1. The van der Waals surface area contributed by atoms with Gasteiger partial charge in [-0.2, -0.15) is 0 Å². The number of hydrogen-bond donors (Lipinski definition) is 2. The van der Waals surface area contributed by atoms with Crippen LogP contribution in [0.25, 0.3) is 0 Å². The van der Waals surface area contributed by atoms with Gasteiger partial charge in [0.25, 0.3) is 5.69 Å². The first-order valence-corrected chi connectivity index (χ1v) is 7.13. The summed E-state index contributed by atoms with van der Waals surface area (Å²) in [5.74, 6) is 0.